The molecule has 0 spiro atoms. The zero-order valence-electron chi connectivity index (χ0n) is 9.78. The zero-order chi connectivity index (χ0) is 11.2. The lowest BCUT2D eigenvalue weighted by atomic mass is 9.86. The minimum Gasteiger partial charge on any atom is -0.339 e. The first kappa shape index (κ1) is 10.3. The Hall–Kier alpha value is -0.900. The van der Waals surface area contributed by atoms with Crippen LogP contribution in [0.2, 0.25) is 0 Å². The van der Waals surface area contributed by atoms with Gasteiger partial charge in [0.15, 0.2) is 5.82 Å². The van der Waals surface area contributed by atoms with Crippen LogP contribution in [0.15, 0.2) is 4.52 Å². The summed E-state index contributed by atoms with van der Waals surface area (Å²) in [5.74, 6) is 2.12. The summed E-state index contributed by atoms with van der Waals surface area (Å²) in [4.78, 5) is 4.57. The van der Waals surface area contributed by atoms with Crippen LogP contribution in [0.25, 0.3) is 0 Å². The Bertz CT molecular complexity index is 383. The van der Waals surface area contributed by atoms with Gasteiger partial charge in [-0.1, -0.05) is 18.5 Å². The van der Waals surface area contributed by atoms with Gasteiger partial charge in [0.05, 0.1) is 0 Å². The van der Waals surface area contributed by atoms with Crippen LogP contribution in [0.5, 0.6) is 0 Å². The number of hydrogen-bond donors (Lipinski definition) is 1. The SMILES string of the molecule is CC1(c2noc(C3CCCC(N)C3)n2)CC1. The smallest absolute Gasteiger partial charge is 0.229 e. The van der Waals surface area contributed by atoms with Gasteiger partial charge in [-0.05, 0) is 32.1 Å². The van der Waals surface area contributed by atoms with Crippen molar-refractivity contribution in [1.29, 1.82) is 0 Å². The van der Waals surface area contributed by atoms with E-state index in [9.17, 15) is 0 Å². The van der Waals surface area contributed by atoms with Crippen molar-refractivity contribution >= 4 is 0 Å². The maximum atomic E-state index is 5.98. The normalized spacial score (nSPS) is 32.6. The Balaban J connectivity index is 1.76. The fraction of sp³-hybridized carbons (Fsp3) is 0.833. The molecule has 2 fully saturated rings. The third-order valence-electron chi connectivity index (χ3n) is 4.05. The second kappa shape index (κ2) is 3.55. The van der Waals surface area contributed by atoms with Crippen LogP contribution in [0.1, 0.15) is 63.1 Å². The van der Waals surface area contributed by atoms with Crippen LogP contribution in [0, 0.1) is 0 Å². The highest BCUT2D eigenvalue weighted by Crippen LogP contribution is 2.46. The summed E-state index contributed by atoms with van der Waals surface area (Å²) in [6, 6.07) is 0.311. The van der Waals surface area contributed by atoms with E-state index >= 15 is 0 Å². The molecular weight excluding hydrogens is 202 g/mol. The quantitative estimate of drug-likeness (QED) is 0.830. The molecule has 88 valence electrons. The minimum absolute atomic E-state index is 0.207. The molecule has 3 rings (SSSR count). The third kappa shape index (κ3) is 1.75. The lowest BCUT2D eigenvalue weighted by molar-refractivity contribution is 0.296. The van der Waals surface area contributed by atoms with Gasteiger partial charge in [-0.2, -0.15) is 4.98 Å². The van der Waals surface area contributed by atoms with Crippen LogP contribution in [0.4, 0.5) is 0 Å². The number of aromatic nitrogens is 2. The van der Waals surface area contributed by atoms with Gasteiger partial charge in [0, 0.05) is 17.4 Å². The van der Waals surface area contributed by atoms with Crippen LogP contribution in [-0.4, -0.2) is 16.2 Å². The average Bonchev–Trinajstić information content (AvgIpc) is 2.83. The van der Waals surface area contributed by atoms with Gasteiger partial charge in [0.1, 0.15) is 0 Å². The second-order valence-electron chi connectivity index (χ2n) is 5.64. The molecule has 2 unspecified atom stereocenters. The van der Waals surface area contributed by atoms with Crippen molar-refractivity contribution in [3.8, 4) is 0 Å². The molecule has 0 aromatic carbocycles. The van der Waals surface area contributed by atoms with Crippen molar-refractivity contribution in [3.63, 3.8) is 0 Å². The van der Waals surface area contributed by atoms with Crippen LogP contribution < -0.4 is 5.73 Å². The van der Waals surface area contributed by atoms with Crippen LogP contribution in [0.3, 0.4) is 0 Å². The largest absolute Gasteiger partial charge is 0.339 e. The third-order valence-corrected chi connectivity index (χ3v) is 4.05. The first-order valence-corrected chi connectivity index (χ1v) is 6.27. The Morgan fingerprint density at radius 3 is 2.88 bits per heavy atom. The zero-order valence-corrected chi connectivity index (χ0v) is 9.78. The molecule has 1 heterocycles. The molecule has 4 heteroatoms. The van der Waals surface area contributed by atoms with Crippen molar-refractivity contribution in [2.75, 3.05) is 0 Å². The highest BCUT2D eigenvalue weighted by molar-refractivity contribution is 5.15. The highest BCUT2D eigenvalue weighted by atomic mass is 16.5. The number of nitrogens with zero attached hydrogens (tertiary/aromatic N) is 2. The summed E-state index contributed by atoms with van der Waals surface area (Å²) in [6.45, 7) is 2.20. The van der Waals surface area contributed by atoms with E-state index in [1.807, 2.05) is 0 Å². The maximum absolute atomic E-state index is 5.98. The fourth-order valence-corrected chi connectivity index (χ4v) is 2.51. The monoisotopic (exact) mass is 221 g/mol. The minimum atomic E-state index is 0.207. The van der Waals surface area contributed by atoms with Gasteiger partial charge >= 0.3 is 0 Å². The molecule has 2 saturated carbocycles. The number of rotatable bonds is 2. The van der Waals surface area contributed by atoms with Crippen LogP contribution in [-0.2, 0) is 5.41 Å². The summed E-state index contributed by atoms with van der Waals surface area (Å²) in [5.41, 5.74) is 6.18. The summed E-state index contributed by atoms with van der Waals surface area (Å²) in [7, 11) is 0. The van der Waals surface area contributed by atoms with Crippen molar-refractivity contribution in [2.45, 2.75) is 62.8 Å². The molecule has 0 bridgehead atoms. The summed E-state index contributed by atoms with van der Waals surface area (Å²) in [6.07, 6.45) is 6.84. The number of nitrogens with two attached hydrogens (primary N) is 1. The summed E-state index contributed by atoms with van der Waals surface area (Å²) >= 11 is 0. The molecule has 0 aliphatic heterocycles. The first-order chi connectivity index (χ1) is 7.67. The Kier molecular flexibility index (Phi) is 2.28. The van der Waals surface area contributed by atoms with E-state index < -0.39 is 0 Å². The van der Waals surface area contributed by atoms with Crippen molar-refractivity contribution < 1.29 is 4.52 Å². The summed E-state index contributed by atoms with van der Waals surface area (Å²) < 4.78 is 5.40. The molecule has 2 atom stereocenters. The topological polar surface area (TPSA) is 64.9 Å². The molecule has 0 saturated heterocycles. The standard InChI is InChI=1S/C12H19N3O/c1-12(5-6-12)11-14-10(16-15-11)8-3-2-4-9(13)7-8/h8-9H,2-7,13H2,1H3. The van der Waals surface area contributed by atoms with E-state index in [0.717, 1.165) is 31.0 Å². The van der Waals surface area contributed by atoms with Gasteiger partial charge in [0.2, 0.25) is 5.89 Å². The van der Waals surface area contributed by atoms with E-state index in [-0.39, 0.29) is 5.41 Å². The first-order valence-electron chi connectivity index (χ1n) is 6.27. The molecule has 1 aromatic heterocycles. The second-order valence-corrected chi connectivity index (χ2v) is 5.64. The lowest BCUT2D eigenvalue weighted by Crippen LogP contribution is -2.27. The maximum Gasteiger partial charge on any atom is 0.229 e. The molecular formula is C12H19N3O. The Morgan fingerprint density at radius 2 is 2.19 bits per heavy atom. The van der Waals surface area contributed by atoms with E-state index in [2.05, 4.69) is 17.1 Å². The molecule has 1 aromatic rings. The highest BCUT2D eigenvalue weighted by Gasteiger charge is 2.44. The Morgan fingerprint density at radius 1 is 1.38 bits per heavy atom. The predicted octanol–water partition coefficient (Wildman–Crippen LogP) is 2.11. The number of hydrogen-bond acceptors (Lipinski definition) is 4. The van der Waals surface area contributed by atoms with Gasteiger partial charge in [-0.3, -0.25) is 0 Å². The molecule has 0 radical (unpaired) electrons. The molecule has 2 N–H and O–H groups in total. The van der Waals surface area contributed by atoms with E-state index in [4.69, 9.17) is 10.3 Å². The van der Waals surface area contributed by atoms with Crippen molar-refractivity contribution in [1.82, 2.24) is 10.1 Å². The summed E-state index contributed by atoms with van der Waals surface area (Å²) in [5, 5.41) is 4.12. The van der Waals surface area contributed by atoms with Gasteiger partial charge in [-0.15, -0.1) is 0 Å². The van der Waals surface area contributed by atoms with Crippen LogP contribution >= 0.6 is 0 Å². The van der Waals surface area contributed by atoms with E-state index in [1.165, 1.54) is 19.3 Å². The van der Waals surface area contributed by atoms with Gasteiger partial charge < -0.3 is 10.3 Å². The fourth-order valence-electron chi connectivity index (χ4n) is 2.51. The molecule has 16 heavy (non-hydrogen) atoms. The van der Waals surface area contributed by atoms with Gasteiger partial charge in [-0.25, -0.2) is 0 Å². The molecule has 4 nitrogen and oxygen atoms in total. The Labute approximate surface area is 95.6 Å². The van der Waals surface area contributed by atoms with E-state index in [0.29, 0.717) is 12.0 Å². The van der Waals surface area contributed by atoms with Crippen molar-refractivity contribution in [2.24, 2.45) is 5.73 Å². The predicted molar refractivity (Wildman–Crippen MR) is 60.1 cm³/mol. The molecule has 2 aliphatic rings. The van der Waals surface area contributed by atoms with Crippen molar-refractivity contribution in [3.05, 3.63) is 11.7 Å². The van der Waals surface area contributed by atoms with Gasteiger partial charge in [0.25, 0.3) is 0 Å². The molecule has 0 amide bonds. The van der Waals surface area contributed by atoms with E-state index in [1.54, 1.807) is 0 Å². The molecule has 2 aliphatic carbocycles. The lowest BCUT2D eigenvalue weighted by Gasteiger charge is -2.23. The average molecular weight is 221 g/mol.